The molecule has 0 radical (unpaired) electrons. The van der Waals surface area contributed by atoms with Crippen molar-refractivity contribution < 1.29 is 9.84 Å². The standard InChI is InChI=1S/C18H20ClN5O2/c1-26-11-13-10-16(24-17(22-13)20-12-21-24)23-8-6-18(25,7-9-23)14-4-2-3-5-15(14)19/h2-5,10,12,25H,6-9,11H2,1H3. The highest BCUT2D eigenvalue weighted by atomic mass is 35.5. The lowest BCUT2D eigenvalue weighted by Gasteiger charge is -2.39. The van der Waals surface area contributed by atoms with Gasteiger partial charge in [-0.1, -0.05) is 29.8 Å². The van der Waals surface area contributed by atoms with E-state index in [9.17, 15) is 5.11 Å². The van der Waals surface area contributed by atoms with Crippen molar-refractivity contribution in [1.29, 1.82) is 0 Å². The topological polar surface area (TPSA) is 75.8 Å². The molecule has 136 valence electrons. The molecule has 1 fully saturated rings. The molecule has 0 aliphatic carbocycles. The normalized spacial score (nSPS) is 17.0. The van der Waals surface area contributed by atoms with Crippen LogP contribution in [-0.4, -0.2) is 44.9 Å². The molecule has 0 bridgehead atoms. The molecule has 7 nitrogen and oxygen atoms in total. The number of piperidine rings is 1. The maximum absolute atomic E-state index is 11.1. The van der Waals surface area contributed by atoms with Gasteiger partial charge in [0.1, 0.15) is 12.1 Å². The van der Waals surface area contributed by atoms with E-state index in [0.717, 1.165) is 17.1 Å². The molecular formula is C18H20ClN5O2. The van der Waals surface area contributed by atoms with Gasteiger partial charge in [-0.3, -0.25) is 0 Å². The largest absolute Gasteiger partial charge is 0.385 e. The van der Waals surface area contributed by atoms with E-state index in [1.165, 1.54) is 6.33 Å². The van der Waals surface area contributed by atoms with Crippen LogP contribution in [0.1, 0.15) is 24.1 Å². The minimum absolute atomic E-state index is 0.410. The Morgan fingerprint density at radius 3 is 2.77 bits per heavy atom. The first-order valence-corrected chi connectivity index (χ1v) is 8.89. The van der Waals surface area contributed by atoms with Crippen LogP contribution in [0, 0.1) is 0 Å². The zero-order chi connectivity index (χ0) is 18.1. The SMILES string of the molecule is COCc1cc(N2CCC(O)(c3ccccc3Cl)CC2)n2ncnc2n1. The van der Waals surface area contributed by atoms with Crippen LogP contribution >= 0.6 is 11.6 Å². The number of ether oxygens (including phenoxy) is 1. The van der Waals surface area contributed by atoms with E-state index in [1.54, 1.807) is 11.6 Å². The first-order valence-electron chi connectivity index (χ1n) is 8.52. The summed E-state index contributed by atoms with van der Waals surface area (Å²) in [6.45, 7) is 1.76. The highest BCUT2D eigenvalue weighted by molar-refractivity contribution is 6.31. The minimum atomic E-state index is -0.918. The third-order valence-corrected chi connectivity index (χ3v) is 5.20. The van der Waals surface area contributed by atoms with Gasteiger partial charge in [-0.15, -0.1) is 0 Å². The second-order valence-corrected chi connectivity index (χ2v) is 6.92. The number of aliphatic hydroxyl groups is 1. The van der Waals surface area contributed by atoms with Crippen molar-refractivity contribution in [3.05, 3.63) is 52.9 Å². The predicted octanol–water partition coefficient (Wildman–Crippen LogP) is 2.41. The fraction of sp³-hybridized carbons (Fsp3) is 0.389. The lowest BCUT2D eigenvalue weighted by Crippen LogP contribution is -2.43. The molecule has 8 heteroatoms. The predicted molar refractivity (Wildman–Crippen MR) is 98.3 cm³/mol. The Morgan fingerprint density at radius 1 is 1.27 bits per heavy atom. The third-order valence-electron chi connectivity index (χ3n) is 4.87. The van der Waals surface area contributed by atoms with Gasteiger partial charge < -0.3 is 14.7 Å². The van der Waals surface area contributed by atoms with E-state index in [4.69, 9.17) is 16.3 Å². The second-order valence-electron chi connectivity index (χ2n) is 6.51. The molecule has 3 heterocycles. The summed E-state index contributed by atoms with van der Waals surface area (Å²) < 4.78 is 6.93. The number of benzene rings is 1. The van der Waals surface area contributed by atoms with Crippen molar-refractivity contribution in [1.82, 2.24) is 19.6 Å². The molecule has 0 unspecified atom stereocenters. The Labute approximate surface area is 156 Å². The lowest BCUT2D eigenvalue weighted by atomic mass is 9.84. The average Bonchev–Trinajstić information content (AvgIpc) is 3.11. The van der Waals surface area contributed by atoms with Gasteiger partial charge in [0.25, 0.3) is 5.78 Å². The number of anilines is 1. The van der Waals surface area contributed by atoms with E-state index in [0.29, 0.717) is 43.3 Å². The highest BCUT2D eigenvalue weighted by Crippen LogP contribution is 2.37. The number of hydrogen-bond donors (Lipinski definition) is 1. The molecular weight excluding hydrogens is 354 g/mol. The Balaban J connectivity index is 1.61. The molecule has 26 heavy (non-hydrogen) atoms. The zero-order valence-electron chi connectivity index (χ0n) is 14.5. The van der Waals surface area contributed by atoms with Gasteiger partial charge in [0.05, 0.1) is 17.9 Å². The van der Waals surface area contributed by atoms with E-state index in [-0.39, 0.29) is 0 Å². The number of fused-ring (bicyclic) bond motifs is 1. The first kappa shape index (κ1) is 17.2. The van der Waals surface area contributed by atoms with Gasteiger partial charge in [-0.05, 0) is 18.9 Å². The van der Waals surface area contributed by atoms with Gasteiger partial charge in [-0.2, -0.15) is 14.6 Å². The van der Waals surface area contributed by atoms with Crippen LogP contribution < -0.4 is 4.90 Å². The van der Waals surface area contributed by atoms with Crippen LogP contribution in [0.15, 0.2) is 36.7 Å². The molecule has 1 aliphatic rings. The van der Waals surface area contributed by atoms with Gasteiger partial charge >= 0.3 is 0 Å². The van der Waals surface area contributed by atoms with Crippen molar-refractivity contribution in [2.24, 2.45) is 0 Å². The quantitative estimate of drug-likeness (QED) is 0.757. The number of hydrogen-bond acceptors (Lipinski definition) is 6. The molecule has 1 saturated heterocycles. The maximum Gasteiger partial charge on any atom is 0.254 e. The summed E-state index contributed by atoms with van der Waals surface area (Å²) in [6.07, 6.45) is 2.65. The van der Waals surface area contributed by atoms with Crippen LogP contribution in [0.3, 0.4) is 0 Å². The summed E-state index contributed by atoms with van der Waals surface area (Å²) in [6, 6.07) is 9.46. The summed E-state index contributed by atoms with van der Waals surface area (Å²) in [4.78, 5) is 10.8. The number of halogens is 1. The van der Waals surface area contributed by atoms with E-state index in [2.05, 4.69) is 20.0 Å². The van der Waals surface area contributed by atoms with Crippen molar-refractivity contribution in [2.75, 3.05) is 25.1 Å². The van der Waals surface area contributed by atoms with E-state index in [1.807, 2.05) is 30.3 Å². The van der Waals surface area contributed by atoms with Gasteiger partial charge in [-0.25, -0.2) is 4.98 Å². The molecule has 0 amide bonds. The minimum Gasteiger partial charge on any atom is -0.385 e. The van der Waals surface area contributed by atoms with Crippen LogP contribution in [0.25, 0.3) is 5.78 Å². The summed E-state index contributed by atoms with van der Waals surface area (Å²) in [5, 5.41) is 16.0. The average molecular weight is 374 g/mol. The Kier molecular flexibility index (Phi) is 4.52. The smallest absolute Gasteiger partial charge is 0.254 e. The monoisotopic (exact) mass is 373 g/mol. The zero-order valence-corrected chi connectivity index (χ0v) is 15.2. The second kappa shape index (κ2) is 6.83. The van der Waals surface area contributed by atoms with Gasteiger partial charge in [0.2, 0.25) is 0 Å². The van der Waals surface area contributed by atoms with Crippen LogP contribution in [0.4, 0.5) is 5.82 Å². The molecule has 0 saturated carbocycles. The van der Waals surface area contributed by atoms with E-state index < -0.39 is 5.60 Å². The third kappa shape index (κ3) is 3.02. The van der Waals surface area contributed by atoms with Crippen molar-refractivity contribution >= 4 is 23.2 Å². The summed E-state index contributed by atoms with van der Waals surface area (Å²) in [5.41, 5.74) is 0.676. The summed E-state index contributed by atoms with van der Waals surface area (Å²) >= 11 is 6.30. The molecule has 0 atom stereocenters. The number of aromatic nitrogens is 4. The molecule has 1 aliphatic heterocycles. The fourth-order valence-corrected chi connectivity index (χ4v) is 3.82. The molecule has 4 rings (SSSR count). The van der Waals surface area contributed by atoms with Crippen LogP contribution in [-0.2, 0) is 16.9 Å². The molecule has 0 spiro atoms. The molecule has 3 aromatic rings. The number of rotatable bonds is 4. The Bertz CT molecular complexity index is 921. The van der Waals surface area contributed by atoms with Gasteiger partial charge in [0.15, 0.2) is 0 Å². The molecule has 1 N–H and O–H groups in total. The Morgan fingerprint density at radius 2 is 2.04 bits per heavy atom. The van der Waals surface area contributed by atoms with Crippen LogP contribution in [0.5, 0.6) is 0 Å². The molecule has 2 aromatic heterocycles. The van der Waals surface area contributed by atoms with Crippen LogP contribution in [0.2, 0.25) is 5.02 Å². The number of nitrogens with zero attached hydrogens (tertiary/aromatic N) is 5. The first-order chi connectivity index (χ1) is 12.6. The van der Waals surface area contributed by atoms with Gasteiger partial charge in [0, 0.05) is 36.9 Å². The number of methoxy groups -OCH3 is 1. The molecule has 1 aromatic carbocycles. The Hall–Kier alpha value is -2.22. The highest BCUT2D eigenvalue weighted by Gasteiger charge is 2.36. The fourth-order valence-electron chi connectivity index (χ4n) is 3.50. The van der Waals surface area contributed by atoms with Crippen molar-refractivity contribution in [3.63, 3.8) is 0 Å². The summed E-state index contributed by atoms with van der Waals surface area (Å²) in [7, 11) is 1.64. The lowest BCUT2D eigenvalue weighted by molar-refractivity contribution is 0.0117. The van der Waals surface area contributed by atoms with Crippen molar-refractivity contribution in [2.45, 2.75) is 25.0 Å². The maximum atomic E-state index is 11.1. The van der Waals surface area contributed by atoms with Crippen molar-refractivity contribution in [3.8, 4) is 0 Å². The van der Waals surface area contributed by atoms with E-state index >= 15 is 0 Å². The summed E-state index contributed by atoms with van der Waals surface area (Å²) in [5.74, 6) is 1.45.